The molecule has 1 aliphatic rings. The molecule has 1 unspecified atom stereocenters. The molecule has 0 saturated heterocycles. The van der Waals surface area contributed by atoms with Gasteiger partial charge in [0.2, 0.25) is 0 Å². The minimum absolute atomic E-state index is 0.363. The molecule has 0 aliphatic heterocycles. The highest BCUT2D eigenvalue weighted by Crippen LogP contribution is 2.39. The van der Waals surface area contributed by atoms with Crippen LogP contribution in [0.2, 0.25) is 5.02 Å². The van der Waals surface area contributed by atoms with Gasteiger partial charge in [-0.3, -0.25) is 4.98 Å². The van der Waals surface area contributed by atoms with Crippen LogP contribution in [-0.2, 0) is 0 Å². The molecule has 3 heteroatoms. The summed E-state index contributed by atoms with van der Waals surface area (Å²) in [6.45, 7) is 4.69. The fraction of sp³-hybridized carbons (Fsp3) is 0.438. The molecular weight excluding hydrogens is 256 g/mol. The van der Waals surface area contributed by atoms with Crippen molar-refractivity contribution in [1.29, 1.82) is 0 Å². The molecule has 19 heavy (non-hydrogen) atoms. The molecule has 2 nitrogen and oxygen atoms in total. The monoisotopic (exact) mass is 274 g/mol. The Morgan fingerprint density at radius 2 is 2.16 bits per heavy atom. The van der Waals surface area contributed by atoms with Crippen LogP contribution in [0.3, 0.4) is 0 Å². The lowest BCUT2D eigenvalue weighted by Crippen LogP contribution is -2.30. The number of nitrogens with one attached hydrogen (secondary N) is 1. The fourth-order valence-corrected chi connectivity index (χ4v) is 3.20. The Balaban J connectivity index is 1.97. The minimum Gasteiger partial charge on any atom is -0.381 e. The highest BCUT2D eigenvalue weighted by molar-refractivity contribution is 6.31. The maximum absolute atomic E-state index is 6.03. The molecule has 1 atom stereocenters. The van der Waals surface area contributed by atoms with Crippen molar-refractivity contribution in [3.63, 3.8) is 0 Å². The van der Waals surface area contributed by atoms with E-state index in [2.05, 4.69) is 36.3 Å². The minimum atomic E-state index is 0.363. The number of halogens is 1. The Morgan fingerprint density at radius 3 is 2.89 bits per heavy atom. The van der Waals surface area contributed by atoms with Crippen LogP contribution in [0.5, 0.6) is 0 Å². The van der Waals surface area contributed by atoms with Crippen LogP contribution < -0.4 is 5.32 Å². The van der Waals surface area contributed by atoms with Crippen molar-refractivity contribution in [2.24, 2.45) is 5.41 Å². The SMILES string of the molecule is CC1(C)CCCC1Nc1ccnc2cc(Cl)ccc12. The topological polar surface area (TPSA) is 24.9 Å². The van der Waals surface area contributed by atoms with Crippen molar-refractivity contribution in [3.05, 3.63) is 35.5 Å². The first-order chi connectivity index (χ1) is 9.06. The summed E-state index contributed by atoms with van der Waals surface area (Å²) in [4.78, 5) is 4.39. The molecule has 0 bridgehead atoms. The molecule has 1 fully saturated rings. The Morgan fingerprint density at radius 1 is 1.32 bits per heavy atom. The van der Waals surface area contributed by atoms with Crippen LogP contribution in [0.15, 0.2) is 30.5 Å². The number of benzene rings is 1. The first-order valence-corrected chi connectivity index (χ1v) is 7.25. The van der Waals surface area contributed by atoms with E-state index in [1.807, 2.05) is 18.3 Å². The molecule has 2 aromatic rings. The van der Waals surface area contributed by atoms with Gasteiger partial charge in [-0.2, -0.15) is 0 Å². The molecule has 0 amide bonds. The van der Waals surface area contributed by atoms with E-state index in [9.17, 15) is 0 Å². The molecule has 1 aromatic heterocycles. The van der Waals surface area contributed by atoms with Gasteiger partial charge < -0.3 is 5.32 Å². The van der Waals surface area contributed by atoms with Crippen molar-refractivity contribution < 1.29 is 0 Å². The highest BCUT2D eigenvalue weighted by Gasteiger charge is 2.34. The number of pyridine rings is 1. The van der Waals surface area contributed by atoms with Crippen LogP contribution in [0.1, 0.15) is 33.1 Å². The van der Waals surface area contributed by atoms with Crippen molar-refractivity contribution in [3.8, 4) is 0 Å². The molecule has 1 N–H and O–H groups in total. The standard InChI is InChI=1S/C16H19ClN2/c1-16(2)8-3-4-15(16)19-13-7-9-18-14-10-11(17)5-6-12(13)14/h5-7,9-10,15H,3-4,8H2,1-2H3,(H,18,19). The molecule has 3 rings (SSSR count). The number of fused-ring (bicyclic) bond motifs is 1. The average molecular weight is 275 g/mol. The van der Waals surface area contributed by atoms with E-state index < -0.39 is 0 Å². The summed E-state index contributed by atoms with van der Waals surface area (Å²) >= 11 is 6.03. The lowest BCUT2D eigenvalue weighted by atomic mass is 9.87. The van der Waals surface area contributed by atoms with Crippen LogP contribution in [0, 0.1) is 5.41 Å². The molecule has 100 valence electrons. The normalized spacial score (nSPS) is 21.7. The average Bonchev–Trinajstić information content (AvgIpc) is 2.69. The van der Waals surface area contributed by atoms with Crippen LogP contribution in [-0.4, -0.2) is 11.0 Å². The number of aromatic nitrogens is 1. The zero-order valence-corrected chi connectivity index (χ0v) is 12.2. The molecule has 0 spiro atoms. The third kappa shape index (κ3) is 2.42. The summed E-state index contributed by atoms with van der Waals surface area (Å²) in [7, 11) is 0. The van der Waals surface area contributed by atoms with Crippen molar-refractivity contribution in [2.75, 3.05) is 5.32 Å². The van der Waals surface area contributed by atoms with Gasteiger partial charge in [0.15, 0.2) is 0 Å². The van der Waals surface area contributed by atoms with Gasteiger partial charge in [-0.1, -0.05) is 31.9 Å². The molecule has 1 heterocycles. The van der Waals surface area contributed by atoms with E-state index in [-0.39, 0.29) is 0 Å². The Kier molecular flexibility index (Phi) is 3.14. The van der Waals surface area contributed by atoms with Gasteiger partial charge in [-0.25, -0.2) is 0 Å². The fourth-order valence-electron chi connectivity index (χ4n) is 3.03. The maximum atomic E-state index is 6.03. The summed E-state index contributed by atoms with van der Waals surface area (Å²) < 4.78 is 0. The summed E-state index contributed by atoms with van der Waals surface area (Å²) in [5.41, 5.74) is 2.48. The molecule has 1 saturated carbocycles. The summed E-state index contributed by atoms with van der Waals surface area (Å²) in [5, 5.41) is 5.59. The van der Waals surface area contributed by atoms with E-state index in [0.29, 0.717) is 11.5 Å². The van der Waals surface area contributed by atoms with Gasteiger partial charge >= 0.3 is 0 Å². The summed E-state index contributed by atoms with van der Waals surface area (Å²) in [6, 6.07) is 8.49. The largest absolute Gasteiger partial charge is 0.381 e. The second-order valence-corrected chi connectivity index (χ2v) is 6.53. The zero-order chi connectivity index (χ0) is 13.5. The van der Waals surface area contributed by atoms with Gasteiger partial charge in [0.05, 0.1) is 5.52 Å². The second kappa shape index (κ2) is 4.68. The number of anilines is 1. The van der Waals surface area contributed by atoms with E-state index in [1.165, 1.54) is 24.9 Å². The second-order valence-electron chi connectivity index (χ2n) is 6.10. The van der Waals surface area contributed by atoms with Crippen molar-refractivity contribution in [1.82, 2.24) is 4.98 Å². The quantitative estimate of drug-likeness (QED) is 0.844. The lowest BCUT2D eigenvalue weighted by Gasteiger charge is -2.29. The third-order valence-corrected chi connectivity index (χ3v) is 4.53. The van der Waals surface area contributed by atoms with E-state index in [1.54, 1.807) is 0 Å². The van der Waals surface area contributed by atoms with Crippen LogP contribution in [0.25, 0.3) is 10.9 Å². The Labute approximate surface area is 119 Å². The van der Waals surface area contributed by atoms with Gasteiger partial charge in [-0.05, 0) is 42.5 Å². The number of nitrogens with zero attached hydrogens (tertiary/aromatic N) is 1. The Hall–Kier alpha value is -1.28. The predicted octanol–water partition coefficient (Wildman–Crippen LogP) is 4.88. The number of hydrogen-bond acceptors (Lipinski definition) is 2. The first kappa shape index (κ1) is 12.7. The first-order valence-electron chi connectivity index (χ1n) is 6.87. The summed E-state index contributed by atoms with van der Waals surface area (Å²) in [6.07, 6.45) is 5.69. The lowest BCUT2D eigenvalue weighted by molar-refractivity contribution is 0.350. The molecule has 0 radical (unpaired) electrons. The third-order valence-electron chi connectivity index (χ3n) is 4.29. The highest BCUT2D eigenvalue weighted by atomic mass is 35.5. The molecular formula is C16H19ClN2. The van der Waals surface area contributed by atoms with Gasteiger partial charge in [0, 0.05) is 28.3 Å². The van der Waals surface area contributed by atoms with Crippen LogP contribution >= 0.6 is 11.6 Å². The molecule has 1 aliphatic carbocycles. The van der Waals surface area contributed by atoms with Gasteiger partial charge in [0.1, 0.15) is 0 Å². The zero-order valence-electron chi connectivity index (χ0n) is 11.4. The van der Waals surface area contributed by atoms with E-state index in [4.69, 9.17) is 11.6 Å². The molecule has 1 aromatic carbocycles. The van der Waals surface area contributed by atoms with Crippen molar-refractivity contribution >= 4 is 28.2 Å². The van der Waals surface area contributed by atoms with Crippen molar-refractivity contribution in [2.45, 2.75) is 39.2 Å². The summed E-state index contributed by atoms with van der Waals surface area (Å²) in [5.74, 6) is 0. The van der Waals surface area contributed by atoms with E-state index in [0.717, 1.165) is 15.9 Å². The smallest absolute Gasteiger partial charge is 0.0737 e. The number of hydrogen-bond donors (Lipinski definition) is 1. The number of rotatable bonds is 2. The van der Waals surface area contributed by atoms with E-state index >= 15 is 0 Å². The van der Waals surface area contributed by atoms with Crippen LogP contribution in [0.4, 0.5) is 5.69 Å². The predicted molar refractivity (Wildman–Crippen MR) is 81.8 cm³/mol. The van der Waals surface area contributed by atoms with Gasteiger partial charge in [-0.15, -0.1) is 0 Å². The Bertz CT molecular complexity index is 607. The van der Waals surface area contributed by atoms with Gasteiger partial charge in [0.25, 0.3) is 0 Å². The maximum Gasteiger partial charge on any atom is 0.0737 e.